The molecule has 78 valence electrons. The first kappa shape index (κ1) is 10.1. The second kappa shape index (κ2) is 3.95. The topological polar surface area (TPSA) is 92.7 Å². The van der Waals surface area contributed by atoms with Gasteiger partial charge in [0.2, 0.25) is 5.91 Å². The van der Waals surface area contributed by atoms with Crippen LogP contribution < -0.4 is 5.73 Å². The fraction of sp³-hybridized carbons (Fsp3) is 0.0909. The van der Waals surface area contributed by atoms with Crippen LogP contribution in [-0.4, -0.2) is 15.9 Å². The molecule has 5 heteroatoms. The van der Waals surface area contributed by atoms with Gasteiger partial charge in [0.15, 0.2) is 5.92 Å². The van der Waals surface area contributed by atoms with Crippen molar-refractivity contribution in [3.05, 3.63) is 36.2 Å². The van der Waals surface area contributed by atoms with E-state index in [-0.39, 0.29) is 5.69 Å². The number of rotatable bonds is 2. The number of para-hydroxylation sites is 2. The van der Waals surface area contributed by atoms with Gasteiger partial charge in [0.1, 0.15) is 0 Å². The highest BCUT2D eigenvalue weighted by atomic mass is 16.1. The Morgan fingerprint density at radius 1 is 1.38 bits per heavy atom. The lowest BCUT2D eigenvalue weighted by Crippen LogP contribution is -2.21. The smallest absolute Gasteiger partial charge is 0.241 e. The molecule has 0 aliphatic heterocycles. The number of benzene rings is 1. The predicted octanol–water partition coefficient (Wildman–Crippen LogP) is 0.722. The zero-order chi connectivity index (χ0) is 11.5. The molecule has 2 rings (SSSR count). The maximum atomic E-state index is 11.0. The van der Waals surface area contributed by atoms with E-state index >= 15 is 0 Å². The number of nitriles is 1. The maximum Gasteiger partial charge on any atom is 0.241 e. The van der Waals surface area contributed by atoms with Crippen molar-refractivity contribution >= 4 is 16.9 Å². The van der Waals surface area contributed by atoms with Crippen LogP contribution in [0.2, 0.25) is 0 Å². The van der Waals surface area contributed by atoms with Crippen LogP contribution in [0, 0.1) is 11.3 Å². The largest absolute Gasteiger partial charge is 0.368 e. The predicted molar refractivity (Wildman–Crippen MR) is 57.1 cm³/mol. The van der Waals surface area contributed by atoms with Crippen molar-refractivity contribution in [2.75, 3.05) is 0 Å². The fourth-order valence-corrected chi connectivity index (χ4v) is 1.39. The molecule has 5 nitrogen and oxygen atoms in total. The normalized spacial score (nSPS) is 11.9. The van der Waals surface area contributed by atoms with E-state index in [0.717, 1.165) is 0 Å². The van der Waals surface area contributed by atoms with E-state index in [9.17, 15) is 4.79 Å². The highest BCUT2D eigenvalue weighted by Gasteiger charge is 2.19. The van der Waals surface area contributed by atoms with E-state index in [1.165, 1.54) is 6.20 Å². The van der Waals surface area contributed by atoms with E-state index < -0.39 is 11.8 Å². The number of primary amides is 1. The highest BCUT2D eigenvalue weighted by molar-refractivity contribution is 5.85. The Morgan fingerprint density at radius 3 is 2.69 bits per heavy atom. The molecule has 1 atom stereocenters. The number of hydrogen-bond acceptors (Lipinski definition) is 4. The van der Waals surface area contributed by atoms with E-state index in [2.05, 4.69) is 9.97 Å². The molecule has 1 unspecified atom stereocenters. The Balaban J connectivity index is 2.55. The van der Waals surface area contributed by atoms with Gasteiger partial charge in [-0.2, -0.15) is 5.26 Å². The Morgan fingerprint density at radius 2 is 2.06 bits per heavy atom. The first-order chi connectivity index (χ1) is 7.72. The summed E-state index contributed by atoms with van der Waals surface area (Å²) in [7, 11) is 0. The molecular formula is C11H8N4O. The maximum absolute atomic E-state index is 11.0. The zero-order valence-corrected chi connectivity index (χ0v) is 8.29. The van der Waals surface area contributed by atoms with Crippen molar-refractivity contribution < 1.29 is 4.79 Å². The van der Waals surface area contributed by atoms with Gasteiger partial charge in [-0.3, -0.25) is 9.78 Å². The summed E-state index contributed by atoms with van der Waals surface area (Å²) in [6.45, 7) is 0. The molecule has 0 fully saturated rings. The third kappa shape index (κ3) is 1.68. The molecule has 2 aromatic rings. The second-order valence-corrected chi connectivity index (χ2v) is 3.25. The standard InChI is InChI=1S/C11H8N4O/c12-5-7(11(13)16)10-6-14-8-3-1-2-4-9(8)15-10/h1-4,6-7H,(H2,13,16). The van der Waals surface area contributed by atoms with Crippen LogP contribution in [0.1, 0.15) is 11.6 Å². The monoisotopic (exact) mass is 212 g/mol. The minimum absolute atomic E-state index is 0.286. The van der Waals surface area contributed by atoms with Crippen molar-refractivity contribution in [2.24, 2.45) is 5.73 Å². The van der Waals surface area contributed by atoms with Crippen LogP contribution in [0.5, 0.6) is 0 Å². The van der Waals surface area contributed by atoms with Crippen molar-refractivity contribution in [3.63, 3.8) is 0 Å². The van der Waals surface area contributed by atoms with Gasteiger partial charge in [-0.1, -0.05) is 12.1 Å². The summed E-state index contributed by atoms with van der Waals surface area (Å²) in [6, 6.07) is 9.03. The Labute approximate surface area is 91.5 Å². The molecule has 16 heavy (non-hydrogen) atoms. The van der Waals surface area contributed by atoms with Gasteiger partial charge in [0.25, 0.3) is 0 Å². The minimum atomic E-state index is -1.04. The Hall–Kier alpha value is -2.48. The molecule has 0 saturated carbocycles. The van der Waals surface area contributed by atoms with Crippen LogP contribution in [0.4, 0.5) is 0 Å². The number of aromatic nitrogens is 2. The zero-order valence-electron chi connectivity index (χ0n) is 8.29. The van der Waals surface area contributed by atoms with Gasteiger partial charge in [0.05, 0.1) is 29.0 Å². The van der Waals surface area contributed by atoms with Gasteiger partial charge in [-0.25, -0.2) is 4.98 Å². The van der Waals surface area contributed by atoms with Crippen molar-refractivity contribution in [1.29, 1.82) is 5.26 Å². The third-order valence-corrected chi connectivity index (χ3v) is 2.18. The minimum Gasteiger partial charge on any atom is -0.368 e. The van der Waals surface area contributed by atoms with Crippen LogP contribution in [0.25, 0.3) is 11.0 Å². The lowest BCUT2D eigenvalue weighted by molar-refractivity contribution is -0.118. The van der Waals surface area contributed by atoms with Crippen molar-refractivity contribution in [3.8, 4) is 6.07 Å². The molecule has 1 aromatic heterocycles. The second-order valence-electron chi connectivity index (χ2n) is 3.25. The quantitative estimate of drug-likeness (QED) is 0.793. The summed E-state index contributed by atoms with van der Waals surface area (Å²) in [5.74, 6) is -1.76. The number of amides is 1. The van der Waals surface area contributed by atoms with E-state index in [1.807, 2.05) is 12.1 Å². The molecule has 1 amide bonds. The van der Waals surface area contributed by atoms with Crippen molar-refractivity contribution in [1.82, 2.24) is 9.97 Å². The van der Waals surface area contributed by atoms with E-state index in [4.69, 9.17) is 11.0 Å². The number of carbonyl (C=O) groups is 1. The van der Waals surface area contributed by atoms with Gasteiger partial charge in [-0.15, -0.1) is 0 Å². The van der Waals surface area contributed by atoms with E-state index in [0.29, 0.717) is 11.0 Å². The number of fused-ring (bicyclic) bond motifs is 1. The van der Waals surface area contributed by atoms with Gasteiger partial charge >= 0.3 is 0 Å². The van der Waals surface area contributed by atoms with Crippen LogP contribution in [-0.2, 0) is 4.79 Å². The summed E-state index contributed by atoms with van der Waals surface area (Å²) in [4.78, 5) is 19.3. The summed E-state index contributed by atoms with van der Waals surface area (Å²) in [5, 5.41) is 8.80. The summed E-state index contributed by atoms with van der Waals surface area (Å²) in [6.07, 6.45) is 1.40. The fourth-order valence-electron chi connectivity index (χ4n) is 1.39. The SMILES string of the molecule is N#CC(C(N)=O)c1cnc2ccccc2n1. The van der Waals surface area contributed by atoms with Crippen LogP contribution in [0.15, 0.2) is 30.5 Å². The molecule has 0 aliphatic rings. The van der Waals surface area contributed by atoms with Crippen LogP contribution in [0.3, 0.4) is 0 Å². The Kier molecular flexibility index (Phi) is 2.48. The molecule has 0 aliphatic carbocycles. The molecular weight excluding hydrogens is 204 g/mol. The Bertz CT molecular complexity index is 588. The highest BCUT2D eigenvalue weighted by Crippen LogP contribution is 2.15. The van der Waals surface area contributed by atoms with E-state index in [1.54, 1.807) is 18.2 Å². The number of nitrogens with zero attached hydrogens (tertiary/aromatic N) is 3. The molecule has 0 bridgehead atoms. The average molecular weight is 212 g/mol. The lowest BCUT2D eigenvalue weighted by atomic mass is 10.1. The number of nitrogens with two attached hydrogens (primary N) is 1. The van der Waals surface area contributed by atoms with Gasteiger partial charge in [0, 0.05) is 0 Å². The first-order valence-electron chi connectivity index (χ1n) is 4.63. The number of carbonyl (C=O) groups excluding carboxylic acids is 1. The summed E-state index contributed by atoms with van der Waals surface area (Å²) < 4.78 is 0. The van der Waals surface area contributed by atoms with Gasteiger partial charge in [-0.05, 0) is 12.1 Å². The average Bonchev–Trinajstić information content (AvgIpc) is 2.29. The molecule has 0 radical (unpaired) electrons. The first-order valence-corrected chi connectivity index (χ1v) is 4.63. The lowest BCUT2D eigenvalue weighted by Gasteiger charge is -2.04. The summed E-state index contributed by atoms with van der Waals surface area (Å²) in [5.41, 5.74) is 6.74. The number of hydrogen-bond donors (Lipinski definition) is 1. The molecule has 0 saturated heterocycles. The molecule has 0 spiro atoms. The van der Waals surface area contributed by atoms with Gasteiger partial charge < -0.3 is 5.73 Å². The van der Waals surface area contributed by atoms with Crippen LogP contribution >= 0.6 is 0 Å². The van der Waals surface area contributed by atoms with Crippen molar-refractivity contribution in [2.45, 2.75) is 5.92 Å². The molecule has 1 aromatic carbocycles. The summed E-state index contributed by atoms with van der Waals surface area (Å²) >= 11 is 0. The molecule has 2 N–H and O–H groups in total. The molecule has 1 heterocycles. The third-order valence-electron chi connectivity index (χ3n) is 2.18.